The van der Waals surface area contributed by atoms with Crippen LogP contribution in [0.1, 0.15) is 63.3 Å². The number of hydrogen-bond donors (Lipinski definition) is 1. The molecule has 0 aromatic carbocycles. The molecule has 1 aromatic rings. The third kappa shape index (κ3) is 2.99. The van der Waals surface area contributed by atoms with E-state index in [0.717, 1.165) is 56.4 Å². The average Bonchev–Trinajstić information content (AvgIpc) is 2.96. The summed E-state index contributed by atoms with van der Waals surface area (Å²) in [5, 5.41) is 2.88. The lowest BCUT2D eigenvalue weighted by atomic mass is 9.80. The molecule has 0 bridgehead atoms. The predicted octanol–water partition coefficient (Wildman–Crippen LogP) is 3.98. The number of carbonyl (C=O) groups is 1. The van der Waals surface area contributed by atoms with Crippen LogP contribution in [0.4, 0.5) is 6.01 Å². The zero-order valence-electron chi connectivity index (χ0n) is 12.2. The molecule has 2 rings (SSSR count). The van der Waals surface area contributed by atoms with Crippen LogP contribution < -0.4 is 5.32 Å². The highest BCUT2D eigenvalue weighted by molar-refractivity contribution is 5.93. The molecule has 1 saturated carbocycles. The quantitative estimate of drug-likeness (QED) is 0.875. The molecule has 0 atom stereocenters. The van der Waals surface area contributed by atoms with Crippen molar-refractivity contribution in [3.63, 3.8) is 0 Å². The van der Waals surface area contributed by atoms with Crippen molar-refractivity contribution in [2.45, 2.75) is 65.7 Å². The third-order valence-corrected chi connectivity index (χ3v) is 4.30. The van der Waals surface area contributed by atoms with Gasteiger partial charge in [-0.05, 0) is 33.1 Å². The summed E-state index contributed by atoms with van der Waals surface area (Å²) in [6, 6.07) is 0.350. The molecule has 1 N–H and O–H groups in total. The number of rotatable bonds is 5. The van der Waals surface area contributed by atoms with Gasteiger partial charge in [-0.1, -0.05) is 32.6 Å². The Morgan fingerprint density at radius 1 is 1.37 bits per heavy atom. The first-order valence-corrected chi connectivity index (χ1v) is 7.33. The second kappa shape index (κ2) is 5.76. The number of aryl methyl sites for hydroxylation is 2. The van der Waals surface area contributed by atoms with Gasteiger partial charge in [-0.15, -0.1) is 0 Å². The van der Waals surface area contributed by atoms with Crippen LogP contribution in [0.5, 0.6) is 0 Å². The molecule has 0 radical (unpaired) electrons. The van der Waals surface area contributed by atoms with Crippen molar-refractivity contribution >= 4 is 11.9 Å². The molecule has 0 aliphatic heterocycles. The lowest BCUT2D eigenvalue weighted by Gasteiger charge is -2.26. The molecule has 106 valence electrons. The van der Waals surface area contributed by atoms with E-state index in [1.807, 2.05) is 13.8 Å². The summed E-state index contributed by atoms with van der Waals surface area (Å²) in [4.78, 5) is 16.8. The fourth-order valence-electron chi connectivity index (χ4n) is 2.91. The molecular weight excluding hydrogens is 240 g/mol. The number of anilines is 1. The highest BCUT2D eigenvalue weighted by Crippen LogP contribution is 2.43. The smallest absolute Gasteiger partial charge is 0.301 e. The van der Waals surface area contributed by atoms with Gasteiger partial charge in [-0.25, -0.2) is 0 Å². The first-order chi connectivity index (χ1) is 9.07. The van der Waals surface area contributed by atoms with E-state index < -0.39 is 0 Å². The number of hydrogen-bond acceptors (Lipinski definition) is 3. The number of carbonyl (C=O) groups excluding carboxylic acids is 1. The largest absolute Gasteiger partial charge is 0.428 e. The van der Waals surface area contributed by atoms with Gasteiger partial charge in [0.1, 0.15) is 5.76 Å². The summed E-state index contributed by atoms with van der Waals surface area (Å²) in [5.41, 5.74) is 0.649. The second-order valence-corrected chi connectivity index (χ2v) is 5.71. The van der Waals surface area contributed by atoms with Gasteiger partial charge in [-0.3, -0.25) is 10.1 Å². The van der Waals surface area contributed by atoms with Gasteiger partial charge in [-0.2, -0.15) is 4.98 Å². The zero-order valence-corrected chi connectivity index (χ0v) is 12.2. The van der Waals surface area contributed by atoms with E-state index in [4.69, 9.17) is 4.42 Å². The van der Waals surface area contributed by atoms with Gasteiger partial charge >= 0.3 is 6.01 Å². The lowest BCUT2D eigenvalue weighted by molar-refractivity contribution is -0.126. The molecule has 0 spiro atoms. The number of oxazole rings is 1. The third-order valence-electron chi connectivity index (χ3n) is 4.30. The molecule has 0 unspecified atom stereocenters. The molecule has 4 nitrogen and oxygen atoms in total. The van der Waals surface area contributed by atoms with Crippen LogP contribution in [0.15, 0.2) is 4.42 Å². The Morgan fingerprint density at radius 3 is 2.58 bits per heavy atom. The average molecular weight is 264 g/mol. The van der Waals surface area contributed by atoms with Gasteiger partial charge in [0.2, 0.25) is 5.91 Å². The molecular formula is C15H24N2O2. The molecule has 1 aromatic heterocycles. The number of aromatic nitrogens is 1. The summed E-state index contributed by atoms with van der Waals surface area (Å²) in [5.74, 6) is 0.865. The van der Waals surface area contributed by atoms with Crippen molar-refractivity contribution < 1.29 is 9.21 Å². The van der Waals surface area contributed by atoms with Crippen molar-refractivity contribution in [1.82, 2.24) is 4.98 Å². The highest BCUT2D eigenvalue weighted by Gasteiger charge is 2.40. The summed E-state index contributed by atoms with van der Waals surface area (Å²) in [6.07, 6.45) is 7.52. The molecule has 1 fully saturated rings. The number of nitrogens with one attached hydrogen (secondary N) is 1. The molecule has 1 aliphatic carbocycles. The first-order valence-electron chi connectivity index (χ1n) is 7.33. The maximum Gasteiger partial charge on any atom is 0.301 e. The number of amides is 1. The summed E-state index contributed by atoms with van der Waals surface area (Å²) < 4.78 is 5.45. The van der Waals surface area contributed by atoms with E-state index in [0.29, 0.717) is 6.01 Å². The van der Waals surface area contributed by atoms with Crippen molar-refractivity contribution in [2.75, 3.05) is 5.32 Å². The first kappa shape index (κ1) is 14.1. The second-order valence-electron chi connectivity index (χ2n) is 5.71. The van der Waals surface area contributed by atoms with E-state index in [9.17, 15) is 4.79 Å². The standard InChI is InChI=1S/C15H24N2O2/c1-4-5-8-15(9-6-7-10-15)13(18)17-14-16-11(2)12(3)19-14/h4-10H2,1-3H3,(H,16,17,18). The van der Waals surface area contributed by atoms with E-state index in [-0.39, 0.29) is 11.3 Å². The van der Waals surface area contributed by atoms with Crippen molar-refractivity contribution in [3.8, 4) is 0 Å². The van der Waals surface area contributed by atoms with Gasteiger partial charge in [0.05, 0.1) is 5.69 Å². The number of nitrogens with zero attached hydrogens (tertiary/aromatic N) is 1. The van der Waals surface area contributed by atoms with Crippen LogP contribution >= 0.6 is 0 Å². The molecule has 1 amide bonds. The van der Waals surface area contributed by atoms with Crippen LogP contribution in [0.3, 0.4) is 0 Å². The molecule has 0 saturated heterocycles. The highest BCUT2D eigenvalue weighted by atomic mass is 16.4. The van der Waals surface area contributed by atoms with Gasteiger partial charge in [0.15, 0.2) is 0 Å². The zero-order chi connectivity index (χ0) is 13.9. The van der Waals surface area contributed by atoms with Crippen LogP contribution in [-0.4, -0.2) is 10.9 Å². The molecule has 19 heavy (non-hydrogen) atoms. The normalized spacial score (nSPS) is 17.6. The minimum atomic E-state index is -0.188. The SMILES string of the molecule is CCCCC1(C(=O)Nc2nc(C)c(C)o2)CCCC1. The van der Waals surface area contributed by atoms with Crippen LogP contribution in [-0.2, 0) is 4.79 Å². The van der Waals surface area contributed by atoms with Gasteiger partial charge in [0, 0.05) is 5.41 Å². The monoisotopic (exact) mass is 264 g/mol. The van der Waals surface area contributed by atoms with Crippen LogP contribution in [0.2, 0.25) is 0 Å². The minimum absolute atomic E-state index is 0.0969. The Balaban J connectivity index is 2.07. The molecule has 1 aliphatic rings. The Bertz CT molecular complexity index is 425. The fraction of sp³-hybridized carbons (Fsp3) is 0.733. The Hall–Kier alpha value is -1.32. The van der Waals surface area contributed by atoms with Crippen LogP contribution in [0.25, 0.3) is 0 Å². The summed E-state index contributed by atoms with van der Waals surface area (Å²) in [7, 11) is 0. The maximum atomic E-state index is 12.6. The Morgan fingerprint density at radius 2 is 2.05 bits per heavy atom. The lowest BCUT2D eigenvalue weighted by Crippen LogP contribution is -2.34. The maximum absolute atomic E-state index is 12.6. The molecule has 1 heterocycles. The van der Waals surface area contributed by atoms with E-state index in [1.54, 1.807) is 0 Å². The van der Waals surface area contributed by atoms with Crippen molar-refractivity contribution in [2.24, 2.45) is 5.41 Å². The Labute approximate surface area is 115 Å². The van der Waals surface area contributed by atoms with Crippen molar-refractivity contribution in [3.05, 3.63) is 11.5 Å². The summed E-state index contributed by atoms with van der Waals surface area (Å²) >= 11 is 0. The van der Waals surface area contributed by atoms with E-state index >= 15 is 0 Å². The van der Waals surface area contributed by atoms with Crippen LogP contribution in [0, 0.1) is 19.3 Å². The van der Waals surface area contributed by atoms with Gasteiger partial charge < -0.3 is 4.42 Å². The molecule has 4 heteroatoms. The number of unbranched alkanes of at least 4 members (excludes halogenated alkanes) is 1. The minimum Gasteiger partial charge on any atom is -0.428 e. The van der Waals surface area contributed by atoms with E-state index in [2.05, 4.69) is 17.2 Å². The predicted molar refractivity (Wildman–Crippen MR) is 75.0 cm³/mol. The van der Waals surface area contributed by atoms with Gasteiger partial charge in [0.25, 0.3) is 0 Å². The van der Waals surface area contributed by atoms with Crippen molar-refractivity contribution in [1.29, 1.82) is 0 Å². The Kier molecular flexibility index (Phi) is 4.27. The summed E-state index contributed by atoms with van der Waals surface area (Å²) in [6.45, 7) is 5.92. The van der Waals surface area contributed by atoms with E-state index in [1.165, 1.54) is 0 Å². The fourth-order valence-corrected chi connectivity index (χ4v) is 2.91. The topological polar surface area (TPSA) is 55.1 Å².